The van der Waals surface area contributed by atoms with Crippen LogP contribution in [0.1, 0.15) is 36.3 Å². The van der Waals surface area contributed by atoms with Crippen LogP contribution in [0.15, 0.2) is 36.5 Å². The van der Waals surface area contributed by atoms with E-state index in [0.29, 0.717) is 29.1 Å². The molecule has 3 rings (SSSR count). The Morgan fingerprint density at radius 3 is 3.16 bits per heavy atom. The Labute approximate surface area is 152 Å². The maximum absolute atomic E-state index is 12.3. The van der Waals surface area contributed by atoms with Gasteiger partial charge in [-0.3, -0.25) is 9.48 Å². The molecule has 2 atom stereocenters. The largest absolute Gasteiger partial charge is 0.489 e. The molecule has 2 aromatic rings. The number of carbonyl (C=O) groups excluding carboxylic acids is 1. The number of ether oxygens (including phenoxy) is 1. The van der Waals surface area contributed by atoms with Crippen LogP contribution in [0.5, 0.6) is 5.75 Å². The van der Waals surface area contributed by atoms with Gasteiger partial charge in [-0.05, 0) is 50.6 Å². The van der Waals surface area contributed by atoms with Gasteiger partial charge in [0.2, 0.25) is 0 Å². The smallest absolute Gasteiger partial charge is 0.271 e. The minimum Gasteiger partial charge on any atom is -0.489 e. The van der Waals surface area contributed by atoms with Crippen molar-refractivity contribution in [3.05, 3.63) is 47.2 Å². The number of benzene rings is 1. The standard InChI is InChI=1S/C18H23ClN4O2/c1-13(25-16-6-2-4-14(19)10-16)11-21-18(24)17-7-9-23(22-17)15-5-3-8-20-12-15/h2,4,6-7,9-10,13,15,20H,3,5,8,11-12H2,1H3,(H,21,24). The van der Waals surface area contributed by atoms with Gasteiger partial charge in [0.15, 0.2) is 0 Å². The molecule has 2 N–H and O–H groups in total. The molecule has 2 heterocycles. The van der Waals surface area contributed by atoms with Crippen molar-refractivity contribution in [1.82, 2.24) is 20.4 Å². The van der Waals surface area contributed by atoms with Gasteiger partial charge in [0.25, 0.3) is 5.91 Å². The fraction of sp³-hybridized carbons (Fsp3) is 0.444. The van der Waals surface area contributed by atoms with Crippen LogP contribution in [0.4, 0.5) is 0 Å². The summed E-state index contributed by atoms with van der Waals surface area (Å²) in [5, 5.41) is 11.2. The van der Waals surface area contributed by atoms with Gasteiger partial charge in [-0.25, -0.2) is 0 Å². The summed E-state index contributed by atoms with van der Waals surface area (Å²) in [7, 11) is 0. The number of nitrogens with one attached hydrogen (secondary N) is 2. The Morgan fingerprint density at radius 2 is 2.40 bits per heavy atom. The highest BCUT2D eigenvalue weighted by molar-refractivity contribution is 6.30. The Morgan fingerprint density at radius 1 is 1.52 bits per heavy atom. The molecule has 1 aliphatic rings. The van der Waals surface area contributed by atoms with E-state index in [9.17, 15) is 4.79 Å². The van der Waals surface area contributed by atoms with Crippen molar-refractivity contribution < 1.29 is 9.53 Å². The number of aromatic nitrogens is 2. The average molecular weight is 363 g/mol. The molecular formula is C18H23ClN4O2. The van der Waals surface area contributed by atoms with Crippen LogP contribution in [0.3, 0.4) is 0 Å². The first-order valence-corrected chi connectivity index (χ1v) is 8.96. The lowest BCUT2D eigenvalue weighted by atomic mass is 10.1. The van der Waals surface area contributed by atoms with Gasteiger partial charge >= 0.3 is 0 Å². The van der Waals surface area contributed by atoms with E-state index in [4.69, 9.17) is 16.3 Å². The van der Waals surface area contributed by atoms with Crippen molar-refractivity contribution >= 4 is 17.5 Å². The third-order valence-electron chi connectivity index (χ3n) is 4.17. The third-order valence-corrected chi connectivity index (χ3v) is 4.40. The van der Waals surface area contributed by atoms with E-state index in [1.165, 1.54) is 0 Å². The molecule has 7 heteroatoms. The zero-order chi connectivity index (χ0) is 17.6. The molecule has 1 aliphatic heterocycles. The van der Waals surface area contributed by atoms with Gasteiger partial charge < -0.3 is 15.4 Å². The van der Waals surface area contributed by atoms with E-state index >= 15 is 0 Å². The number of rotatable bonds is 6. The quantitative estimate of drug-likeness (QED) is 0.829. The molecule has 1 aromatic heterocycles. The summed E-state index contributed by atoms with van der Waals surface area (Å²) in [5.41, 5.74) is 0.431. The second-order valence-corrected chi connectivity index (χ2v) is 6.71. The van der Waals surface area contributed by atoms with E-state index < -0.39 is 0 Å². The third kappa shape index (κ3) is 4.96. The molecule has 1 fully saturated rings. The van der Waals surface area contributed by atoms with Crippen LogP contribution < -0.4 is 15.4 Å². The summed E-state index contributed by atoms with van der Waals surface area (Å²) in [6.45, 7) is 4.24. The van der Waals surface area contributed by atoms with E-state index in [1.807, 2.05) is 29.9 Å². The molecule has 1 saturated heterocycles. The molecule has 25 heavy (non-hydrogen) atoms. The van der Waals surface area contributed by atoms with Crippen molar-refractivity contribution in [3.8, 4) is 5.75 Å². The van der Waals surface area contributed by atoms with Gasteiger partial charge in [-0.15, -0.1) is 0 Å². The summed E-state index contributed by atoms with van der Waals surface area (Å²) < 4.78 is 7.63. The summed E-state index contributed by atoms with van der Waals surface area (Å²) in [4.78, 5) is 12.3. The van der Waals surface area contributed by atoms with Crippen LogP contribution in [0.25, 0.3) is 0 Å². The SMILES string of the molecule is CC(CNC(=O)c1ccn(C2CCCNC2)n1)Oc1cccc(Cl)c1. The minimum atomic E-state index is -0.191. The predicted molar refractivity (Wildman–Crippen MR) is 97.2 cm³/mol. The summed E-state index contributed by atoms with van der Waals surface area (Å²) in [5.74, 6) is 0.493. The van der Waals surface area contributed by atoms with E-state index in [0.717, 1.165) is 25.9 Å². The van der Waals surface area contributed by atoms with Crippen LogP contribution in [-0.2, 0) is 0 Å². The molecule has 6 nitrogen and oxygen atoms in total. The number of hydrogen-bond acceptors (Lipinski definition) is 4. The molecule has 0 aliphatic carbocycles. The molecule has 0 spiro atoms. The van der Waals surface area contributed by atoms with Gasteiger partial charge in [0.1, 0.15) is 17.5 Å². The fourth-order valence-corrected chi connectivity index (χ4v) is 3.04. The number of halogens is 1. The molecule has 0 radical (unpaired) electrons. The summed E-state index contributed by atoms with van der Waals surface area (Å²) in [6.07, 6.45) is 3.91. The summed E-state index contributed by atoms with van der Waals surface area (Å²) in [6, 6.07) is 9.28. The molecule has 1 aromatic carbocycles. The number of amides is 1. The van der Waals surface area contributed by atoms with Crippen molar-refractivity contribution in [2.24, 2.45) is 0 Å². The molecule has 134 valence electrons. The Kier molecular flexibility index (Phi) is 5.94. The van der Waals surface area contributed by atoms with Gasteiger partial charge in [-0.1, -0.05) is 17.7 Å². The van der Waals surface area contributed by atoms with Crippen LogP contribution in [0.2, 0.25) is 5.02 Å². The second kappa shape index (κ2) is 8.36. The van der Waals surface area contributed by atoms with Crippen molar-refractivity contribution in [1.29, 1.82) is 0 Å². The number of nitrogens with zero attached hydrogens (tertiary/aromatic N) is 2. The first-order valence-electron chi connectivity index (χ1n) is 8.58. The molecule has 1 amide bonds. The lowest BCUT2D eigenvalue weighted by Crippen LogP contribution is -2.34. The first-order chi connectivity index (χ1) is 12.1. The van der Waals surface area contributed by atoms with Gasteiger partial charge in [0, 0.05) is 17.8 Å². The van der Waals surface area contributed by atoms with Crippen molar-refractivity contribution in [3.63, 3.8) is 0 Å². The number of piperidine rings is 1. The molecule has 0 saturated carbocycles. The lowest BCUT2D eigenvalue weighted by molar-refractivity contribution is 0.0926. The van der Waals surface area contributed by atoms with E-state index in [-0.39, 0.29) is 12.0 Å². The average Bonchev–Trinajstić information content (AvgIpc) is 3.11. The highest BCUT2D eigenvalue weighted by Crippen LogP contribution is 2.18. The van der Waals surface area contributed by atoms with Crippen molar-refractivity contribution in [2.45, 2.75) is 31.9 Å². The zero-order valence-electron chi connectivity index (χ0n) is 14.2. The lowest BCUT2D eigenvalue weighted by Gasteiger charge is -2.22. The Balaban J connectivity index is 1.49. The van der Waals surface area contributed by atoms with Crippen molar-refractivity contribution in [2.75, 3.05) is 19.6 Å². The number of hydrogen-bond donors (Lipinski definition) is 2. The van der Waals surface area contributed by atoms with E-state index in [2.05, 4.69) is 15.7 Å². The highest BCUT2D eigenvalue weighted by Gasteiger charge is 2.18. The second-order valence-electron chi connectivity index (χ2n) is 6.28. The van der Waals surface area contributed by atoms with Crippen LogP contribution >= 0.6 is 11.6 Å². The summed E-state index contributed by atoms with van der Waals surface area (Å²) >= 11 is 5.94. The van der Waals surface area contributed by atoms with Crippen LogP contribution in [0, 0.1) is 0 Å². The Hall–Kier alpha value is -2.05. The highest BCUT2D eigenvalue weighted by atomic mass is 35.5. The number of carbonyl (C=O) groups is 1. The zero-order valence-corrected chi connectivity index (χ0v) is 15.0. The maximum atomic E-state index is 12.3. The van der Waals surface area contributed by atoms with Gasteiger partial charge in [0.05, 0.1) is 12.6 Å². The monoisotopic (exact) mass is 362 g/mol. The topological polar surface area (TPSA) is 68.2 Å². The minimum absolute atomic E-state index is 0.174. The fourth-order valence-electron chi connectivity index (χ4n) is 2.86. The maximum Gasteiger partial charge on any atom is 0.271 e. The van der Waals surface area contributed by atoms with Crippen LogP contribution in [-0.4, -0.2) is 41.4 Å². The molecular weight excluding hydrogens is 340 g/mol. The first kappa shape index (κ1) is 17.8. The van der Waals surface area contributed by atoms with E-state index in [1.54, 1.807) is 18.2 Å². The molecule has 2 unspecified atom stereocenters. The Bertz CT molecular complexity index is 713. The van der Waals surface area contributed by atoms with Gasteiger partial charge in [-0.2, -0.15) is 5.10 Å². The normalized spacial score (nSPS) is 18.6. The molecule has 0 bridgehead atoms. The predicted octanol–water partition coefficient (Wildman–Crippen LogP) is 2.66.